The zero-order chi connectivity index (χ0) is 36.0. The molecule has 0 atom stereocenters. The number of fused-ring (bicyclic) bond motifs is 6. The molecular formula is C51H30N4. The molecule has 55 heavy (non-hydrogen) atoms. The van der Waals surface area contributed by atoms with Crippen LogP contribution in [0.5, 0.6) is 0 Å². The van der Waals surface area contributed by atoms with Crippen molar-refractivity contribution in [3.8, 4) is 62.1 Å². The molecule has 2 aromatic heterocycles. The highest BCUT2D eigenvalue weighted by molar-refractivity contribution is 6.34. The Morgan fingerprint density at radius 3 is 1.65 bits per heavy atom. The van der Waals surface area contributed by atoms with Gasteiger partial charge < -0.3 is 4.57 Å². The van der Waals surface area contributed by atoms with Crippen LogP contribution >= 0.6 is 0 Å². The summed E-state index contributed by atoms with van der Waals surface area (Å²) in [5.74, 6) is 1.94. The molecule has 0 aliphatic heterocycles. The third-order valence-corrected chi connectivity index (χ3v) is 11.3. The summed E-state index contributed by atoms with van der Waals surface area (Å²) in [5.41, 5.74) is 11.5. The topological polar surface area (TPSA) is 43.6 Å². The number of nitrogens with zero attached hydrogens (tertiary/aromatic N) is 4. The Kier molecular flexibility index (Phi) is 6.31. The zero-order valence-corrected chi connectivity index (χ0v) is 29.6. The molecule has 0 fully saturated rings. The zero-order valence-electron chi connectivity index (χ0n) is 29.6. The monoisotopic (exact) mass is 698 g/mol. The second-order valence-corrected chi connectivity index (χ2v) is 14.3. The Hall–Kier alpha value is -7.43. The Balaban J connectivity index is 1.20. The molecule has 0 amide bonds. The predicted octanol–water partition coefficient (Wildman–Crippen LogP) is 13.1. The van der Waals surface area contributed by atoms with E-state index in [1.807, 2.05) is 36.4 Å². The van der Waals surface area contributed by atoms with Crippen molar-refractivity contribution in [2.75, 3.05) is 0 Å². The average molecular weight is 699 g/mol. The molecule has 4 nitrogen and oxygen atoms in total. The molecule has 12 rings (SSSR count). The average Bonchev–Trinajstić information content (AvgIpc) is 3.55. The number of hydrogen-bond acceptors (Lipinski definition) is 3. The molecule has 9 aromatic carbocycles. The number of hydrogen-bond donors (Lipinski definition) is 0. The Morgan fingerprint density at radius 1 is 0.327 bits per heavy atom. The lowest BCUT2D eigenvalue weighted by Gasteiger charge is -2.17. The fourth-order valence-electron chi connectivity index (χ4n) is 8.98. The second-order valence-electron chi connectivity index (χ2n) is 14.3. The highest BCUT2D eigenvalue weighted by Crippen LogP contribution is 2.52. The summed E-state index contributed by atoms with van der Waals surface area (Å²) in [4.78, 5) is 15.2. The molecule has 0 radical (unpaired) electrons. The van der Waals surface area contributed by atoms with Crippen molar-refractivity contribution in [3.05, 3.63) is 182 Å². The predicted molar refractivity (Wildman–Crippen MR) is 227 cm³/mol. The fraction of sp³-hybridized carbons (Fsp3) is 0. The summed E-state index contributed by atoms with van der Waals surface area (Å²) in [6, 6.07) is 65.0. The highest BCUT2D eigenvalue weighted by Gasteiger charge is 2.27. The maximum absolute atomic E-state index is 5.14. The summed E-state index contributed by atoms with van der Waals surface area (Å²) in [7, 11) is 0. The summed E-state index contributed by atoms with van der Waals surface area (Å²) in [6.45, 7) is 0. The van der Waals surface area contributed by atoms with E-state index in [0.717, 1.165) is 33.2 Å². The van der Waals surface area contributed by atoms with Crippen molar-refractivity contribution in [2.24, 2.45) is 0 Å². The molecule has 1 aliphatic carbocycles. The number of aromatic nitrogens is 4. The molecule has 2 heterocycles. The van der Waals surface area contributed by atoms with Gasteiger partial charge in [-0.3, -0.25) is 0 Å². The van der Waals surface area contributed by atoms with Gasteiger partial charge >= 0.3 is 0 Å². The van der Waals surface area contributed by atoms with Gasteiger partial charge in [-0.25, -0.2) is 15.0 Å². The van der Waals surface area contributed by atoms with Gasteiger partial charge in [-0.15, -0.1) is 0 Å². The van der Waals surface area contributed by atoms with Crippen LogP contribution < -0.4 is 0 Å². The van der Waals surface area contributed by atoms with E-state index in [2.05, 4.69) is 150 Å². The van der Waals surface area contributed by atoms with Crippen molar-refractivity contribution in [1.82, 2.24) is 19.5 Å². The van der Waals surface area contributed by atoms with E-state index in [1.165, 1.54) is 65.6 Å². The van der Waals surface area contributed by atoms with Crippen LogP contribution in [-0.4, -0.2) is 19.5 Å². The van der Waals surface area contributed by atoms with Crippen molar-refractivity contribution in [3.63, 3.8) is 0 Å². The first kappa shape index (κ1) is 30.1. The van der Waals surface area contributed by atoms with E-state index in [0.29, 0.717) is 17.5 Å². The molecule has 0 saturated carbocycles. The van der Waals surface area contributed by atoms with Crippen LogP contribution in [0, 0.1) is 0 Å². The first-order chi connectivity index (χ1) is 27.3. The summed E-state index contributed by atoms with van der Waals surface area (Å²) < 4.78 is 2.52. The number of benzene rings is 9. The molecule has 0 spiro atoms. The highest BCUT2D eigenvalue weighted by atomic mass is 15.0. The van der Waals surface area contributed by atoms with Crippen molar-refractivity contribution in [1.29, 1.82) is 0 Å². The van der Waals surface area contributed by atoms with Gasteiger partial charge in [0.2, 0.25) is 0 Å². The van der Waals surface area contributed by atoms with Crippen LogP contribution in [0.2, 0.25) is 0 Å². The van der Waals surface area contributed by atoms with Gasteiger partial charge in [0, 0.05) is 38.2 Å². The summed E-state index contributed by atoms with van der Waals surface area (Å²) in [5, 5.41) is 9.80. The lowest BCUT2D eigenvalue weighted by atomic mass is 9.92. The number of rotatable bonds is 4. The smallest absolute Gasteiger partial charge is 0.164 e. The largest absolute Gasteiger partial charge is 0.308 e. The van der Waals surface area contributed by atoms with Crippen molar-refractivity contribution < 1.29 is 0 Å². The van der Waals surface area contributed by atoms with Crippen LogP contribution in [0.4, 0.5) is 0 Å². The molecule has 0 unspecified atom stereocenters. The van der Waals surface area contributed by atoms with Crippen LogP contribution in [0.25, 0.3) is 116 Å². The molecule has 0 N–H and O–H groups in total. The molecule has 0 bridgehead atoms. The maximum Gasteiger partial charge on any atom is 0.164 e. The van der Waals surface area contributed by atoms with Crippen LogP contribution in [0.15, 0.2) is 182 Å². The van der Waals surface area contributed by atoms with Gasteiger partial charge in [0.25, 0.3) is 0 Å². The molecule has 4 heteroatoms. The second kappa shape index (κ2) is 11.5. The van der Waals surface area contributed by atoms with Gasteiger partial charge in [0.1, 0.15) is 0 Å². The van der Waals surface area contributed by atoms with E-state index < -0.39 is 0 Å². The third kappa shape index (κ3) is 4.37. The minimum Gasteiger partial charge on any atom is -0.308 e. The third-order valence-electron chi connectivity index (χ3n) is 11.3. The molecule has 1 aliphatic rings. The van der Waals surface area contributed by atoms with Gasteiger partial charge in [0.15, 0.2) is 17.5 Å². The van der Waals surface area contributed by atoms with Crippen molar-refractivity contribution in [2.45, 2.75) is 0 Å². The summed E-state index contributed by atoms with van der Waals surface area (Å²) >= 11 is 0. The molecule has 0 saturated heterocycles. The van der Waals surface area contributed by atoms with E-state index in [1.54, 1.807) is 0 Å². The first-order valence-electron chi connectivity index (χ1n) is 18.7. The van der Waals surface area contributed by atoms with Crippen LogP contribution in [-0.2, 0) is 0 Å². The Bertz CT molecular complexity index is 3310. The van der Waals surface area contributed by atoms with Crippen LogP contribution in [0.3, 0.4) is 0 Å². The Morgan fingerprint density at radius 2 is 0.909 bits per heavy atom. The van der Waals surface area contributed by atoms with E-state index in [-0.39, 0.29) is 0 Å². The van der Waals surface area contributed by atoms with Gasteiger partial charge in [0.05, 0.1) is 16.7 Å². The molecule has 254 valence electrons. The fourth-order valence-corrected chi connectivity index (χ4v) is 8.98. The standard InChI is InChI=1S/C51H30N4/c1-3-14-32(15-4-1)49-52-50(33-16-5-2-6-17-33)54-51(53-49)41-27-29-43(39-24-12-11-23-38(39)41)55-44-28-26-31-19-13-25-40-36-21-9-10-22-37(36)42-30-34-18-7-8-20-35(34)48(55)46(42)47(44)45(31)40/h1-30H. The van der Waals surface area contributed by atoms with Crippen molar-refractivity contribution >= 4 is 54.1 Å². The van der Waals surface area contributed by atoms with Gasteiger partial charge in [-0.1, -0.05) is 158 Å². The van der Waals surface area contributed by atoms with E-state index >= 15 is 0 Å². The lowest BCUT2D eigenvalue weighted by Crippen LogP contribution is -2.02. The van der Waals surface area contributed by atoms with Gasteiger partial charge in [-0.05, 0) is 68.1 Å². The van der Waals surface area contributed by atoms with E-state index in [9.17, 15) is 0 Å². The SMILES string of the molecule is c1ccc(-c2nc(-c3ccccc3)nc(-c3ccc(-n4c5ccc6cccc7c6c5c5c(cc6ccccc6c54)-c4ccccc4-7)c4ccccc34)n2)cc1. The van der Waals surface area contributed by atoms with Crippen LogP contribution in [0.1, 0.15) is 0 Å². The summed E-state index contributed by atoms with van der Waals surface area (Å²) in [6.07, 6.45) is 0. The molecular weight excluding hydrogens is 669 g/mol. The van der Waals surface area contributed by atoms with E-state index in [4.69, 9.17) is 15.0 Å². The first-order valence-corrected chi connectivity index (χ1v) is 18.7. The quantitative estimate of drug-likeness (QED) is 0.184. The Labute approximate surface area is 316 Å². The molecule has 11 aromatic rings. The maximum atomic E-state index is 5.14. The normalized spacial score (nSPS) is 12.0. The minimum atomic E-state index is 0.645. The minimum absolute atomic E-state index is 0.645. The van der Waals surface area contributed by atoms with Gasteiger partial charge in [-0.2, -0.15) is 0 Å². The lowest BCUT2D eigenvalue weighted by molar-refractivity contribution is 1.08.